The second kappa shape index (κ2) is 4.64. The number of rotatable bonds is 3. The lowest BCUT2D eigenvalue weighted by Gasteiger charge is -2.20. The van der Waals surface area contributed by atoms with E-state index in [0.29, 0.717) is 12.0 Å². The van der Waals surface area contributed by atoms with E-state index in [1.165, 1.54) is 0 Å². The molecule has 1 amide bonds. The summed E-state index contributed by atoms with van der Waals surface area (Å²) in [6.45, 7) is 1.84. The molecule has 2 aliphatic rings. The molecular weight excluding hydrogens is 254 g/mol. The second-order valence-corrected chi connectivity index (χ2v) is 5.39. The Morgan fingerprint density at radius 1 is 1.55 bits per heavy atom. The van der Waals surface area contributed by atoms with E-state index in [9.17, 15) is 4.79 Å². The summed E-state index contributed by atoms with van der Waals surface area (Å²) >= 11 is 0. The second-order valence-electron chi connectivity index (χ2n) is 5.39. The zero-order valence-electron chi connectivity index (χ0n) is 11.2. The van der Waals surface area contributed by atoms with Crippen LogP contribution < -0.4 is 5.32 Å². The summed E-state index contributed by atoms with van der Waals surface area (Å²) in [6.07, 6.45) is 1.80. The van der Waals surface area contributed by atoms with Crippen LogP contribution in [0.1, 0.15) is 37.3 Å². The molecular formula is C15H15N3O2. The van der Waals surface area contributed by atoms with Gasteiger partial charge in [0.15, 0.2) is 0 Å². The number of amides is 1. The van der Waals surface area contributed by atoms with Crippen molar-refractivity contribution < 1.29 is 9.63 Å². The van der Waals surface area contributed by atoms with Crippen LogP contribution in [0.2, 0.25) is 0 Å². The summed E-state index contributed by atoms with van der Waals surface area (Å²) in [5.74, 6) is -0.134. The van der Waals surface area contributed by atoms with E-state index in [1.54, 1.807) is 6.07 Å². The first kappa shape index (κ1) is 12.7. The molecule has 3 rings (SSSR count). The Hall–Kier alpha value is -2.35. The summed E-state index contributed by atoms with van der Waals surface area (Å²) in [5, 5.41) is 15.8. The van der Waals surface area contributed by atoms with Gasteiger partial charge in [-0.25, -0.2) is 0 Å². The molecule has 0 bridgehead atoms. The van der Waals surface area contributed by atoms with Gasteiger partial charge in [0, 0.05) is 6.42 Å². The highest BCUT2D eigenvalue weighted by Gasteiger charge is 2.47. The van der Waals surface area contributed by atoms with Crippen LogP contribution in [0.5, 0.6) is 0 Å². The first-order chi connectivity index (χ1) is 9.63. The van der Waals surface area contributed by atoms with Crippen LogP contribution in [-0.2, 0) is 15.2 Å². The largest absolute Gasteiger partial charge is 0.382 e. The normalized spacial score (nSPS) is 22.4. The van der Waals surface area contributed by atoms with Crippen molar-refractivity contribution in [2.75, 3.05) is 0 Å². The van der Waals surface area contributed by atoms with Gasteiger partial charge >= 0.3 is 0 Å². The van der Waals surface area contributed by atoms with Gasteiger partial charge in [0.1, 0.15) is 0 Å². The van der Waals surface area contributed by atoms with E-state index in [0.717, 1.165) is 24.1 Å². The zero-order chi connectivity index (χ0) is 14.2. The van der Waals surface area contributed by atoms with Crippen molar-refractivity contribution >= 4 is 11.6 Å². The molecule has 102 valence electrons. The van der Waals surface area contributed by atoms with Crippen LogP contribution >= 0.6 is 0 Å². The van der Waals surface area contributed by atoms with E-state index in [-0.39, 0.29) is 11.4 Å². The molecule has 1 N–H and O–H groups in total. The van der Waals surface area contributed by atoms with Gasteiger partial charge in [-0.15, -0.1) is 0 Å². The topological polar surface area (TPSA) is 74.5 Å². The minimum absolute atomic E-state index is 0.134. The maximum atomic E-state index is 12.2. The highest BCUT2D eigenvalue weighted by molar-refractivity contribution is 5.92. The molecule has 1 fully saturated rings. The van der Waals surface area contributed by atoms with Crippen molar-refractivity contribution in [1.29, 1.82) is 5.26 Å². The molecule has 0 unspecified atom stereocenters. The van der Waals surface area contributed by atoms with Crippen LogP contribution in [0.3, 0.4) is 0 Å². The molecule has 20 heavy (non-hydrogen) atoms. The SMILES string of the molecule is CC1=NO[C@H](C(=O)NC2(c3cccc(C#N)c3)CC2)C1. The summed E-state index contributed by atoms with van der Waals surface area (Å²) < 4.78 is 0. The van der Waals surface area contributed by atoms with Crippen LogP contribution in [0.4, 0.5) is 0 Å². The fraction of sp³-hybridized carbons (Fsp3) is 0.400. The molecule has 0 radical (unpaired) electrons. The van der Waals surface area contributed by atoms with Gasteiger partial charge in [0.05, 0.1) is 22.9 Å². The van der Waals surface area contributed by atoms with Gasteiger partial charge in [0.2, 0.25) is 6.10 Å². The first-order valence-corrected chi connectivity index (χ1v) is 6.65. The third-order valence-corrected chi connectivity index (χ3v) is 3.77. The number of oxime groups is 1. The predicted octanol–water partition coefficient (Wildman–Crippen LogP) is 1.83. The molecule has 1 atom stereocenters. The van der Waals surface area contributed by atoms with Gasteiger partial charge in [-0.05, 0) is 37.5 Å². The third kappa shape index (κ3) is 2.25. The molecule has 1 aromatic carbocycles. The van der Waals surface area contributed by atoms with Crippen molar-refractivity contribution in [2.24, 2.45) is 5.16 Å². The van der Waals surface area contributed by atoms with Crippen molar-refractivity contribution in [3.63, 3.8) is 0 Å². The fourth-order valence-electron chi connectivity index (χ4n) is 2.45. The molecule has 1 saturated carbocycles. The Morgan fingerprint density at radius 3 is 2.95 bits per heavy atom. The average Bonchev–Trinajstić information content (AvgIpc) is 3.11. The lowest BCUT2D eigenvalue weighted by molar-refractivity contribution is -0.132. The van der Waals surface area contributed by atoms with E-state index < -0.39 is 6.10 Å². The molecule has 1 heterocycles. The highest BCUT2D eigenvalue weighted by Crippen LogP contribution is 2.45. The van der Waals surface area contributed by atoms with Gasteiger partial charge < -0.3 is 10.2 Å². The van der Waals surface area contributed by atoms with Gasteiger partial charge in [-0.1, -0.05) is 17.3 Å². The van der Waals surface area contributed by atoms with Crippen molar-refractivity contribution in [2.45, 2.75) is 37.8 Å². The number of nitrogens with zero attached hydrogens (tertiary/aromatic N) is 2. The molecule has 0 aromatic heterocycles. The van der Waals surface area contributed by atoms with Gasteiger partial charge in [-0.2, -0.15) is 5.26 Å². The fourth-order valence-corrected chi connectivity index (χ4v) is 2.45. The lowest BCUT2D eigenvalue weighted by Crippen LogP contribution is -2.41. The summed E-state index contributed by atoms with van der Waals surface area (Å²) in [4.78, 5) is 17.3. The molecule has 0 saturated heterocycles. The number of carbonyl (C=O) groups excluding carboxylic acids is 1. The van der Waals surface area contributed by atoms with E-state index in [4.69, 9.17) is 10.1 Å². The molecule has 0 spiro atoms. The number of hydrogen-bond acceptors (Lipinski definition) is 4. The Balaban J connectivity index is 1.73. The van der Waals surface area contributed by atoms with Gasteiger partial charge in [-0.3, -0.25) is 4.79 Å². The summed E-state index contributed by atoms with van der Waals surface area (Å²) in [5.41, 5.74) is 2.10. The Morgan fingerprint density at radius 2 is 2.35 bits per heavy atom. The number of nitriles is 1. The Bertz CT molecular complexity index is 626. The highest BCUT2D eigenvalue weighted by atomic mass is 16.6. The molecule has 1 aromatic rings. The van der Waals surface area contributed by atoms with Crippen LogP contribution in [0.15, 0.2) is 29.4 Å². The van der Waals surface area contributed by atoms with Crippen LogP contribution in [0, 0.1) is 11.3 Å². The quantitative estimate of drug-likeness (QED) is 0.909. The number of hydrogen-bond donors (Lipinski definition) is 1. The smallest absolute Gasteiger partial charge is 0.265 e. The number of nitrogens with one attached hydrogen (secondary N) is 1. The predicted molar refractivity (Wildman–Crippen MR) is 72.8 cm³/mol. The number of carbonyl (C=O) groups is 1. The zero-order valence-corrected chi connectivity index (χ0v) is 11.2. The minimum atomic E-state index is -0.522. The Labute approximate surface area is 117 Å². The van der Waals surface area contributed by atoms with Crippen LogP contribution in [0.25, 0.3) is 0 Å². The maximum absolute atomic E-state index is 12.2. The van der Waals surface area contributed by atoms with Crippen molar-refractivity contribution in [3.8, 4) is 6.07 Å². The molecule has 5 heteroatoms. The van der Waals surface area contributed by atoms with E-state index in [1.807, 2.05) is 25.1 Å². The monoisotopic (exact) mass is 269 g/mol. The maximum Gasteiger partial charge on any atom is 0.265 e. The first-order valence-electron chi connectivity index (χ1n) is 6.65. The molecule has 1 aliphatic carbocycles. The Kier molecular flexibility index (Phi) is 2.94. The van der Waals surface area contributed by atoms with Crippen molar-refractivity contribution in [1.82, 2.24) is 5.32 Å². The third-order valence-electron chi connectivity index (χ3n) is 3.77. The molecule has 5 nitrogen and oxygen atoms in total. The van der Waals surface area contributed by atoms with E-state index >= 15 is 0 Å². The lowest BCUT2D eigenvalue weighted by atomic mass is 10.0. The minimum Gasteiger partial charge on any atom is -0.382 e. The number of benzene rings is 1. The summed E-state index contributed by atoms with van der Waals surface area (Å²) in [7, 11) is 0. The summed E-state index contributed by atoms with van der Waals surface area (Å²) in [6, 6.07) is 9.52. The van der Waals surface area contributed by atoms with E-state index in [2.05, 4.69) is 16.5 Å². The average molecular weight is 269 g/mol. The van der Waals surface area contributed by atoms with Crippen molar-refractivity contribution in [3.05, 3.63) is 35.4 Å². The standard InChI is InChI=1S/C15H15N3O2/c1-10-7-13(20-18-10)14(19)17-15(5-6-15)12-4-2-3-11(8-12)9-16/h2-4,8,13H,5-7H2,1H3,(H,17,19)/t13-/m0/s1. The van der Waals surface area contributed by atoms with Crippen LogP contribution in [-0.4, -0.2) is 17.7 Å². The molecule has 1 aliphatic heterocycles. The van der Waals surface area contributed by atoms with Gasteiger partial charge in [0.25, 0.3) is 5.91 Å².